The first kappa shape index (κ1) is 6.35. The van der Waals surface area contributed by atoms with E-state index in [-0.39, 0.29) is 0 Å². The molecule has 5 nitrogen and oxygen atoms in total. The Labute approximate surface area is 40.9 Å². The van der Waals surface area contributed by atoms with Crippen molar-refractivity contribution in [1.82, 2.24) is 0 Å². The van der Waals surface area contributed by atoms with Crippen LogP contribution in [0.4, 0.5) is 0 Å². The van der Waals surface area contributed by atoms with Crippen LogP contribution in [0, 0.1) is 5.21 Å². The number of quaternary nitrogens is 1. The third-order valence-corrected chi connectivity index (χ3v) is 0.381. The normalized spacial score (nSPS) is 15.1. The summed E-state index contributed by atoms with van der Waals surface area (Å²) >= 11 is 0. The number of nitrogens with one attached hydrogen (secondary N) is 1. The van der Waals surface area contributed by atoms with Crippen LogP contribution in [0.5, 0.6) is 0 Å². The molecule has 0 aromatic carbocycles. The van der Waals surface area contributed by atoms with Gasteiger partial charge in [0.15, 0.2) is 0 Å². The molecule has 3 N–H and O–H groups in total. The smallest absolute Gasteiger partial charge is 0.238 e. The molecule has 1 atom stereocenters. The van der Waals surface area contributed by atoms with Gasteiger partial charge >= 0.3 is 0 Å². The molecule has 0 aliphatic heterocycles. The zero-order valence-corrected chi connectivity index (χ0v) is 3.92. The van der Waals surface area contributed by atoms with E-state index in [9.17, 15) is 5.21 Å². The van der Waals surface area contributed by atoms with E-state index in [2.05, 4.69) is 15.8 Å². The molecule has 7 heavy (non-hydrogen) atoms. The summed E-state index contributed by atoms with van der Waals surface area (Å²) in [6.07, 6.45) is 0.889. The van der Waals surface area contributed by atoms with Crippen LogP contribution >= 0.6 is 0 Å². The number of nitrogens with zero attached hydrogens (tertiary/aromatic N) is 1. The molecule has 0 spiro atoms. The molecule has 0 rings (SSSR count). The van der Waals surface area contributed by atoms with Crippen molar-refractivity contribution in [3.05, 3.63) is 5.21 Å². The average Bonchev–Trinajstić information content (AvgIpc) is 1.68. The van der Waals surface area contributed by atoms with Crippen molar-refractivity contribution < 1.29 is 10.1 Å². The lowest BCUT2D eigenvalue weighted by atomic mass is 11.3. The number of rotatable bonds is 2. The van der Waals surface area contributed by atoms with Crippen LogP contribution in [0.15, 0.2) is 5.10 Å². The van der Waals surface area contributed by atoms with Gasteiger partial charge in [0, 0.05) is 0 Å². The summed E-state index contributed by atoms with van der Waals surface area (Å²) in [6.45, 7) is 0. The molecule has 5 heteroatoms. The Morgan fingerprint density at radius 1 is 2.00 bits per heavy atom. The van der Waals surface area contributed by atoms with E-state index in [1.54, 1.807) is 0 Å². The van der Waals surface area contributed by atoms with Crippen LogP contribution in [0.25, 0.3) is 0 Å². The van der Waals surface area contributed by atoms with Gasteiger partial charge in [0.25, 0.3) is 0 Å². The van der Waals surface area contributed by atoms with Crippen LogP contribution < -0.4 is 11.1 Å². The molecule has 0 aliphatic carbocycles. The molecular formula is C2H7N3O2. The SMILES string of the molecule is CO[NH+]([O-])/C=N/N. The number of hydrogen-bond acceptors (Lipinski definition) is 4. The van der Waals surface area contributed by atoms with Crippen molar-refractivity contribution >= 4 is 6.34 Å². The number of nitrogens with two attached hydrogens (primary N) is 1. The zero-order chi connectivity index (χ0) is 5.70. The summed E-state index contributed by atoms with van der Waals surface area (Å²) in [5, 5.41) is 12.3. The Morgan fingerprint density at radius 3 is 2.71 bits per heavy atom. The van der Waals surface area contributed by atoms with E-state index in [1.807, 2.05) is 0 Å². The largest absolute Gasteiger partial charge is 0.594 e. The lowest BCUT2D eigenvalue weighted by Gasteiger charge is -2.07. The van der Waals surface area contributed by atoms with E-state index in [4.69, 9.17) is 0 Å². The van der Waals surface area contributed by atoms with Crippen LogP contribution in [-0.4, -0.2) is 13.4 Å². The van der Waals surface area contributed by atoms with E-state index in [0.29, 0.717) is 0 Å². The molecule has 1 unspecified atom stereocenters. The van der Waals surface area contributed by atoms with Crippen LogP contribution in [0.1, 0.15) is 0 Å². The van der Waals surface area contributed by atoms with E-state index < -0.39 is 5.23 Å². The predicted octanol–water partition coefficient (Wildman–Crippen LogP) is -2.17. The van der Waals surface area contributed by atoms with Crippen LogP contribution in [-0.2, 0) is 4.84 Å². The Morgan fingerprint density at radius 2 is 2.57 bits per heavy atom. The molecule has 0 aromatic heterocycles. The molecular weight excluding hydrogens is 98.0 g/mol. The Balaban J connectivity index is 3.16. The van der Waals surface area contributed by atoms with E-state index in [0.717, 1.165) is 6.34 Å². The van der Waals surface area contributed by atoms with Crippen molar-refractivity contribution in [3.63, 3.8) is 0 Å². The van der Waals surface area contributed by atoms with Gasteiger partial charge < -0.3 is 11.0 Å². The van der Waals surface area contributed by atoms with Crippen molar-refractivity contribution in [3.8, 4) is 0 Å². The minimum atomic E-state index is -0.539. The second kappa shape index (κ2) is 3.54. The topological polar surface area (TPSA) is 75.1 Å². The van der Waals surface area contributed by atoms with Crippen molar-refractivity contribution in [2.45, 2.75) is 0 Å². The summed E-state index contributed by atoms with van der Waals surface area (Å²) in [5.74, 6) is 4.57. The molecule has 0 bridgehead atoms. The van der Waals surface area contributed by atoms with Gasteiger partial charge in [-0.05, 0) is 0 Å². The van der Waals surface area contributed by atoms with Gasteiger partial charge in [-0.1, -0.05) is 0 Å². The summed E-state index contributed by atoms with van der Waals surface area (Å²) in [6, 6.07) is 0. The van der Waals surface area contributed by atoms with Gasteiger partial charge in [-0.2, -0.15) is 5.23 Å². The van der Waals surface area contributed by atoms with E-state index >= 15 is 0 Å². The minimum absolute atomic E-state index is 0.539. The van der Waals surface area contributed by atoms with Gasteiger partial charge in [-0.3, -0.25) is 0 Å². The van der Waals surface area contributed by atoms with Gasteiger partial charge in [0.2, 0.25) is 6.34 Å². The average molecular weight is 105 g/mol. The summed E-state index contributed by atoms with van der Waals surface area (Å²) < 4.78 is 0. The van der Waals surface area contributed by atoms with Crippen molar-refractivity contribution in [2.24, 2.45) is 10.9 Å². The lowest BCUT2D eigenvalue weighted by Crippen LogP contribution is -3.04. The molecule has 0 aliphatic rings. The van der Waals surface area contributed by atoms with Gasteiger partial charge in [-0.15, -0.1) is 5.10 Å². The second-order valence-electron chi connectivity index (χ2n) is 0.801. The first-order chi connectivity index (χ1) is 3.31. The molecule has 0 fully saturated rings. The Kier molecular flexibility index (Phi) is 3.21. The Bertz CT molecular complexity index is 64.0. The zero-order valence-electron chi connectivity index (χ0n) is 3.92. The standard InChI is InChI=1S/C2H7N3O2/c1-7-5(6)2-4-3/h2,5H,3H2,1H3/b4-2+. The Hall–Kier alpha value is -0.650. The van der Waals surface area contributed by atoms with Gasteiger partial charge in [0.05, 0.1) is 7.11 Å². The fraction of sp³-hybridized carbons (Fsp3) is 0.500. The maximum absolute atomic E-state index is 9.96. The first-order valence-corrected chi connectivity index (χ1v) is 1.62. The maximum Gasteiger partial charge on any atom is 0.238 e. The predicted molar refractivity (Wildman–Crippen MR) is 24.0 cm³/mol. The molecule has 0 saturated carbocycles. The molecule has 0 amide bonds. The van der Waals surface area contributed by atoms with Gasteiger partial charge in [-0.25, -0.2) is 4.84 Å². The number of hydroxylamine groups is 2. The maximum atomic E-state index is 9.96. The molecule has 0 radical (unpaired) electrons. The summed E-state index contributed by atoms with van der Waals surface area (Å²) in [4.78, 5) is 4.12. The highest BCUT2D eigenvalue weighted by molar-refractivity contribution is 5.41. The van der Waals surface area contributed by atoms with Crippen LogP contribution in [0.2, 0.25) is 0 Å². The molecule has 42 valence electrons. The molecule has 0 aromatic rings. The third-order valence-electron chi connectivity index (χ3n) is 0.381. The van der Waals surface area contributed by atoms with Crippen molar-refractivity contribution in [2.75, 3.05) is 7.11 Å². The monoisotopic (exact) mass is 105 g/mol. The van der Waals surface area contributed by atoms with Crippen LogP contribution in [0.3, 0.4) is 0 Å². The highest BCUT2D eigenvalue weighted by atomic mass is 16.9. The second-order valence-corrected chi connectivity index (χ2v) is 0.801. The fourth-order valence-corrected chi connectivity index (χ4v) is 0.114. The lowest BCUT2D eigenvalue weighted by molar-refractivity contribution is -0.964. The highest BCUT2D eigenvalue weighted by Crippen LogP contribution is 1.32. The first-order valence-electron chi connectivity index (χ1n) is 1.62. The summed E-state index contributed by atoms with van der Waals surface area (Å²) in [5.41, 5.74) is 0. The quantitative estimate of drug-likeness (QED) is 0.182. The molecule has 0 heterocycles. The van der Waals surface area contributed by atoms with Crippen molar-refractivity contribution in [1.29, 1.82) is 0 Å². The molecule has 0 saturated heterocycles. The van der Waals surface area contributed by atoms with E-state index in [1.165, 1.54) is 7.11 Å². The fourth-order valence-electron chi connectivity index (χ4n) is 0.114. The number of hydrazone groups is 1. The summed E-state index contributed by atoms with van der Waals surface area (Å²) in [7, 11) is 1.25. The van der Waals surface area contributed by atoms with Gasteiger partial charge in [0.1, 0.15) is 0 Å². The number of hydrogen-bond donors (Lipinski definition) is 2. The minimum Gasteiger partial charge on any atom is -0.594 e. The highest BCUT2D eigenvalue weighted by Gasteiger charge is 1.79. The third kappa shape index (κ3) is 3.17.